The highest BCUT2D eigenvalue weighted by Crippen LogP contribution is 2.43. The number of ether oxygens (including phenoxy) is 2. The summed E-state index contributed by atoms with van der Waals surface area (Å²) in [6, 6.07) is 26.1. The molecule has 2 bridgehead atoms. The van der Waals surface area contributed by atoms with Gasteiger partial charge in [-0.1, -0.05) is 60.2 Å². The van der Waals surface area contributed by atoms with E-state index in [1.807, 2.05) is 25.1 Å². The number of nitrogens with zero attached hydrogens (tertiary/aromatic N) is 1. The Labute approximate surface area is 219 Å². The van der Waals surface area contributed by atoms with E-state index in [0.717, 1.165) is 48.4 Å². The van der Waals surface area contributed by atoms with Crippen molar-refractivity contribution >= 4 is 11.5 Å². The van der Waals surface area contributed by atoms with Gasteiger partial charge in [0, 0.05) is 30.7 Å². The number of amides is 1. The van der Waals surface area contributed by atoms with Gasteiger partial charge in [-0.05, 0) is 79.5 Å². The highest BCUT2D eigenvalue weighted by Gasteiger charge is 2.39. The fraction of sp³-hybridized carbons (Fsp3) is 0.344. The Balaban J connectivity index is 1.29. The number of hydrogen-bond acceptors (Lipinski definition) is 4. The molecule has 6 rings (SSSR count). The maximum atomic E-state index is 13.0. The number of nitrogens with one attached hydrogen (secondary N) is 1. The van der Waals surface area contributed by atoms with Gasteiger partial charge in [0.2, 0.25) is 6.79 Å². The Kier molecular flexibility index (Phi) is 6.71. The van der Waals surface area contributed by atoms with Gasteiger partial charge in [-0.15, -0.1) is 0 Å². The van der Waals surface area contributed by atoms with Gasteiger partial charge >= 0.3 is 0 Å². The van der Waals surface area contributed by atoms with Crippen LogP contribution in [0.3, 0.4) is 0 Å². The van der Waals surface area contributed by atoms with Crippen molar-refractivity contribution < 1.29 is 14.3 Å². The molecule has 37 heavy (non-hydrogen) atoms. The SMILES string of the molecule is CCNC(=O)c1ccccc1C(=C1CC2CCC(C1)N2CCc1ccc2c(c1)OCO2)c1ccccc1. The van der Waals surface area contributed by atoms with Gasteiger partial charge in [-0.25, -0.2) is 0 Å². The lowest BCUT2D eigenvalue weighted by Gasteiger charge is -2.37. The maximum Gasteiger partial charge on any atom is 0.251 e. The zero-order chi connectivity index (χ0) is 25.2. The molecule has 3 heterocycles. The zero-order valence-electron chi connectivity index (χ0n) is 21.4. The van der Waals surface area contributed by atoms with E-state index in [0.29, 0.717) is 25.4 Å². The topological polar surface area (TPSA) is 50.8 Å². The smallest absolute Gasteiger partial charge is 0.251 e. The molecule has 3 aliphatic heterocycles. The lowest BCUT2D eigenvalue weighted by atomic mass is 9.84. The molecule has 5 heteroatoms. The van der Waals surface area contributed by atoms with Crippen LogP contribution in [0.1, 0.15) is 59.7 Å². The van der Waals surface area contributed by atoms with Crippen molar-refractivity contribution in [3.05, 3.63) is 101 Å². The van der Waals surface area contributed by atoms with Crippen LogP contribution in [0.4, 0.5) is 0 Å². The van der Waals surface area contributed by atoms with Crippen LogP contribution in [0, 0.1) is 0 Å². The number of rotatable bonds is 7. The standard InChI is InChI=1S/C32H34N2O3/c1-2-33-32(35)28-11-7-6-10-27(28)31(23-8-4-3-5-9-23)24-19-25-13-14-26(20-24)34(25)17-16-22-12-15-29-30(18-22)37-21-36-29/h3-12,15,18,25-26H,2,13-14,16-17,19-21H2,1H3,(H,33,35). The van der Waals surface area contributed by atoms with Gasteiger partial charge < -0.3 is 14.8 Å². The van der Waals surface area contributed by atoms with Crippen molar-refractivity contribution in [2.45, 2.75) is 51.1 Å². The van der Waals surface area contributed by atoms with Crippen LogP contribution >= 0.6 is 0 Å². The van der Waals surface area contributed by atoms with E-state index in [1.54, 1.807) is 0 Å². The van der Waals surface area contributed by atoms with Crippen molar-refractivity contribution in [3.8, 4) is 11.5 Å². The van der Waals surface area contributed by atoms with Crippen molar-refractivity contribution in [3.63, 3.8) is 0 Å². The van der Waals surface area contributed by atoms with Gasteiger partial charge in [-0.2, -0.15) is 0 Å². The molecule has 0 radical (unpaired) electrons. The number of hydrogen-bond donors (Lipinski definition) is 1. The fourth-order valence-corrected chi connectivity index (χ4v) is 6.34. The molecule has 0 saturated carbocycles. The lowest BCUT2D eigenvalue weighted by Crippen LogP contribution is -2.42. The van der Waals surface area contributed by atoms with Crippen molar-refractivity contribution in [1.29, 1.82) is 0 Å². The molecule has 3 aliphatic rings. The van der Waals surface area contributed by atoms with E-state index < -0.39 is 0 Å². The van der Waals surface area contributed by atoms with E-state index in [1.165, 1.54) is 35.1 Å². The second-order valence-electron chi connectivity index (χ2n) is 10.2. The molecule has 3 aromatic carbocycles. The number of benzene rings is 3. The molecular weight excluding hydrogens is 460 g/mol. The lowest BCUT2D eigenvalue weighted by molar-refractivity contribution is 0.0955. The molecule has 190 valence electrons. The highest BCUT2D eigenvalue weighted by molar-refractivity contribution is 6.01. The minimum Gasteiger partial charge on any atom is -0.454 e. The summed E-state index contributed by atoms with van der Waals surface area (Å²) < 4.78 is 11.1. The molecule has 2 saturated heterocycles. The van der Waals surface area contributed by atoms with Gasteiger partial charge in [0.25, 0.3) is 5.91 Å². The summed E-state index contributed by atoms with van der Waals surface area (Å²) in [5.74, 6) is 1.71. The maximum absolute atomic E-state index is 13.0. The van der Waals surface area contributed by atoms with Gasteiger partial charge in [0.05, 0.1) is 0 Å². The Hall–Kier alpha value is -3.57. The van der Waals surface area contributed by atoms with Gasteiger partial charge in [-0.3, -0.25) is 9.69 Å². The van der Waals surface area contributed by atoms with Crippen LogP contribution in [0.5, 0.6) is 11.5 Å². The molecule has 2 fully saturated rings. The average molecular weight is 495 g/mol. The second kappa shape index (κ2) is 10.4. The molecule has 2 atom stereocenters. The molecule has 1 amide bonds. The normalized spacial score (nSPS) is 20.2. The summed E-state index contributed by atoms with van der Waals surface area (Å²) in [6.45, 7) is 3.95. The number of fused-ring (bicyclic) bond motifs is 3. The summed E-state index contributed by atoms with van der Waals surface area (Å²) in [5.41, 5.74) is 7.02. The van der Waals surface area contributed by atoms with E-state index >= 15 is 0 Å². The molecule has 2 unspecified atom stereocenters. The Morgan fingerprint density at radius 2 is 1.59 bits per heavy atom. The first-order chi connectivity index (χ1) is 18.2. The van der Waals surface area contributed by atoms with Crippen LogP contribution in [0.25, 0.3) is 5.57 Å². The molecule has 0 spiro atoms. The van der Waals surface area contributed by atoms with Crippen molar-refractivity contribution in [2.24, 2.45) is 0 Å². The van der Waals surface area contributed by atoms with Crippen LogP contribution in [0.2, 0.25) is 0 Å². The first kappa shape index (κ1) is 23.8. The third-order valence-corrected chi connectivity index (χ3v) is 8.03. The van der Waals surface area contributed by atoms with Crippen molar-refractivity contribution in [2.75, 3.05) is 19.9 Å². The summed E-state index contributed by atoms with van der Waals surface area (Å²) in [5, 5.41) is 3.01. The van der Waals surface area contributed by atoms with Gasteiger partial charge in [0.15, 0.2) is 11.5 Å². The van der Waals surface area contributed by atoms with Crippen LogP contribution < -0.4 is 14.8 Å². The predicted molar refractivity (Wildman–Crippen MR) is 146 cm³/mol. The quantitative estimate of drug-likeness (QED) is 0.449. The van der Waals surface area contributed by atoms with E-state index in [4.69, 9.17) is 9.47 Å². The predicted octanol–water partition coefficient (Wildman–Crippen LogP) is 5.84. The number of piperidine rings is 1. The largest absolute Gasteiger partial charge is 0.454 e. The minimum absolute atomic E-state index is 0.00346. The third kappa shape index (κ3) is 4.76. The van der Waals surface area contributed by atoms with E-state index in [2.05, 4.69) is 64.8 Å². The summed E-state index contributed by atoms with van der Waals surface area (Å²) in [4.78, 5) is 15.7. The first-order valence-electron chi connectivity index (χ1n) is 13.5. The van der Waals surface area contributed by atoms with Crippen LogP contribution in [0.15, 0.2) is 78.4 Å². The zero-order valence-corrected chi connectivity index (χ0v) is 21.4. The summed E-state index contributed by atoms with van der Waals surface area (Å²) in [6.07, 6.45) is 5.57. The van der Waals surface area contributed by atoms with E-state index in [9.17, 15) is 4.79 Å². The van der Waals surface area contributed by atoms with Crippen molar-refractivity contribution in [1.82, 2.24) is 10.2 Å². The molecule has 3 aromatic rings. The molecule has 0 aliphatic carbocycles. The highest BCUT2D eigenvalue weighted by atomic mass is 16.7. The average Bonchev–Trinajstić information content (AvgIpc) is 3.49. The Morgan fingerprint density at radius 1 is 0.892 bits per heavy atom. The minimum atomic E-state index is -0.00346. The summed E-state index contributed by atoms with van der Waals surface area (Å²) >= 11 is 0. The molecule has 5 nitrogen and oxygen atoms in total. The molecule has 0 aromatic heterocycles. The van der Waals surface area contributed by atoms with Gasteiger partial charge in [0.1, 0.15) is 0 Å². The Bertz CT molecular complexity index is 1300. The van der Waals surface area contributed by atoms with Crippen LogP contribution in [-0.4, -0.2) is 42.8 Å². The monoisotopic (exact) mass is 494 g/mol. The third-order valence-electron chi connectivity index (χ3n) is 8.03. The fourth-order valence-electron chi connectivity index (χ4n) is 6.34. The molecule has 1 N–H and O–H groups in total. The number of carbonyl (C=O) groups excluding carboxylic acids is 1. The second-order valence-corrected chi connectivity index (χ2v) is 10.2. The first-order valence-corrected chi connectivity index (χ1v) is 13.5. The van der Waals surface area contributed by atoms with Crippen LogP contribution in [-0.2, 0) is 6.42 Å². The van der Waals surface area contributed by atoms with E-state index in [-0.39, 0.29) is 5.91 Å². The Morgan fingerprint density at radius 3 is 2.35 bits per heavy atom. The summed E-state index contributed by atoms with van der Waals surface area (Å²) in [7, 11) is 0. The number of carbonyl (C=O) groups is 1. The molecular formula is C32H34N2O3.